The average Bonchev–Trinajstić information content (AvgIpc) is 3.33. The zero-order valence-corrected chi connectivity index (χ0v) is 17.9. The van der Waals surface area contributed by atoms with Gasteiger partial charge in [0.2, 0.25) is 17.7 Å². The van der Waals surface area contributed by atoms with Crippen LogP contribution in [0.3, 0.4) is 0 Å². The molecule has 0 saturated heterocycles. The molecule has 0 saturated carbocycles. The molecule has 3 aromatic rings. The summed E-state index contributed by atoms with van der Waals surface area (Å²) >= 11 is 0. The molecule has 1 atom stereocenters. The highest BCUT2D eigenvalue weighted by atomic mass is 19.1. The highest BCUT2D eigenvalue weighted by Gasteiger charge is 2.35. The number of aromatic nitrogens is 3. The zero-order valence-electron chi connectivity index (χ0n) is 17.9. The van der Waals surface area contributed by atoms with Crippen molar-refractivity contribution in [1.29, 1.82) is 0 Å². The van der Waals surface area contributed by atoms with Crippen LogP contribution in [0.15, 0.2) is 30.6 Å². The Morgan fingerprint density at radius 2 is 2.09 bits per heavy atom. The Hall–Kier alpha value is -3.69. The fourth-order valence-electron chi connectivity index (χ4n) is 4.06. The summed E-state index contributed by atoms with van der Waals surface area (Å²) in [4.78, 5) is 41.3. The van der Waals surface area contributed by atoms with Gasteiger partial charge in [0, 0.05) is 62.5 Å². The molecule has 0 fully saturated rings. The van der Waals surface area contributed by atoms with Crippen molar-refractivity contribution in [2.75, 3.05) is 19.6 Å². The van der Waals surface area contributed by atoms with E-state index >= 15 is 0 Å². The predicted molar refractivity (Wildman–Crippen MR) is 115 cm³/mol. The van der Waals surface area contributed by atoms with Crippen LogP contribution >= 0.6 is 0 Å². The number of nitrogens with one attached hydrogen (secondary N) is 3. The molecule has 3 N–H and O–H groups in total. The molecule has 0 aliphatic carbocycles. The number of nitrogens with zero attached hydrogens (tertiary/aromatic N) is 3. The summed E-state index contributed by atoms with van der Waals surface area (Å²) in [5.41, 5.74) is 3.21. The summed E-state index contributed by atoms with van der Waals surface area (Å²) in [6, 6.07) is 4.56. The van der Waals surface area contributed by atoms with E-state index in [-0.39, 0.29) is 36.6 Å². The average molecular weight is 440 g/mol. The van der Waals surface area contributed by atoms with Crippen LogP contribution in [0.4, 0.5) is 4.39 Å². The van der Waals surface area contributed by atoms with E-state index in [1.807, 2.05) is 6.20 Å². The van der Waals surface area contributed by atoms with Crippen LogP contribution in [0, 0.1) is 5.82 Å². The Morgan fingerprint density at radius 1 is 1.28 bits per heavy atom. The first-order chi connectivity index (χ1) is 15.3. The van der Waals surface area contributed by atoms with Crippen molar-refractivity contribution >= 4 is 28.6 Å². The number of carbonyl (C=O) groups excluding carboxylic acids is 3. The lowest BCUT2D eigenvalue weighted by atomic mass is 9.95. The molecule has 0 bridgehead atoms. The van der Waals surface area contributed by atoms with Crippen LogP contribution in [-0.2, 0) is 34.4 Å². The number of hydrogen-bond donors (Lipinski definition) is 3. The van der Waals surface area contributed by atoms with Crippen LogP contribution in [0.2, 0.25) is 0 Å². The van der Waals surface area contributed by atoms with Crippen molar-refractivity contribution < 1.29 is 18.8 Å². The molecule has 3 heterocycles. The molecular formula is C22H25FN6O3. The third kappa shape index (κ3) is 4.48. The SMILES string of the molecule is CC(=O)NCC(=O)N1Cc2cn(C)nc2[C@@H](C(=O)NCCc2c[nH]c3ccc(F)cc23)C1. The number of rotatable bonds is 6. The summed E-state index contributed by atoms with van der Waals surface area (Å²) < 4.78 is 15.2. The van der Waals surface area contributed by atoms with E-state index in [0.717, 1.165) is 22.0 Å². The molecule has 0 unspecified atom stereocenters. The molecule has 32 heavy (non-hydrogen) atoms. The second-order valence-electron chi connectivity index (χ2n) is 7.99. The van der Waals surface area contributed by atoms with Crippen molar-refractivity contribution in [2.45, 2.75) is 25.8 Å². The van der Waals surface area contributed by atoms with E-state index < -0.39 is 5.92 Å². The predicted octanol–water partition coefficient (Wildman–Crippen LogP) is 0.961. The molecule has 0 radical (unpaired) electrons. The number of H-pyrrole nitrogens is 1. The van der Waals surface area contributed by atoms with Crippen molar-refractivity contribution in [2.24, 2.45) is 7.05 Å². The molecule has 2 aromatic heterocycles. The monoisotopic (exact) mass is 440 g/mol. The molecule has 10 heteroatoms. The number of amides is 3. The maximum absolute atomic E-state index is 13.6. The second-order valence-corrected chi connectivity index (χ2v) is 7.99. The molecule has 9 nitrogen and oxygen atoms in total. The Morgan fingerprint density at radius 3 is 2.88 bits per heavy atom. The van der Waals surface area contributed by atoms with Gasteiger partial charge in [-0.3, -0.25) is 19.1 Å². The zero-order chi connectivity index (χ0) is 22.8. The topological polar surface area (TPSA) is 112 Å². The lowest BCUT2D eigenvalue weighted by Crippen LogP contribution is -2.46. The first-order valence-corrected chi connectivity index (χ1v) is 10.4. The van der Waals surface area contributed by atoms with Gasteiger partial charge in [-0.15, -0.1) is 0 Å². The molecular weight excluding hydrogens is 415 g/mol. The first-order valence-electron chi connectivity index (χ1n) is 10.4. The van der Waals surface area contributed by atoms with Crippen molar-refractivity contribution in [3.8, 4) is 0 Å². The van der Waals surface area contributed by atoms with Gasteiger partial charge >= 0.3 is 0 Å². The summed E-state index contributed by atoms with van der Waals surface area (Å²) in [7, 11) is 1.77. The van der Waals surface area contributed by atoms with Crippen LogP contribution < -0.4 is 10.6 Å². The summed E-state index contributed by atoms with van der Waals surface area (Å²) in [6.45, 7) is 2.12. The van der Waals surface area contributed by atoms with Gasteiger partial charge in [0.25, 0.3) is 0 Å². The highest BCUT2D eigenvalue weighted by molar-refractivity contribution is 5.88. The minimum Gasteiger partial charge on any atom is -0.361 e. The van der Waals surface area contributed by atoms with E-state index in [0.29, 0.717) is 25.2 Å². The summed E-state index contributed by atoms with van der Waals surface area (Å²) in [5.74, 6) is -1.69. The van der Waals surface area contributed by atoms with Gasteiger partial charge in [-0.1, -0.05) is 0 Å². The lowest BCUT2D eigenvalue weighted by molar-refractivity contribution is -0.134. The molecule has 1 aliphatic heterocycles. The van der Waals surface area contributed by atoms with E-state index in [9.17, 15) is 18.8 Å². The first kappa shape index (κ1) is 21.5. The fraction of sp³-hybridized carbons (Fsp3) is 0.364. The standard InChI is InChI=1S/C22H25FN6O3/c1-13(30)25-9-20(31)29-11-15-10-28(2)27-21(15)18(12-29)22(32)24-6-5-14-8-26-19-4-3-16(23)7-17(14)19/h3-4,7-8,10,18,26H,5-6,9,11-12H2,1-2H3,(H,24,32)(H,25,30)/t18-/m0/s1. The number of aromatic amines is 1. The largest absolute Gasteiger partial charge is 0.361 e. The van der Waals surface area contributed by atoms with Gasteiger partial charge < -0.3 is 20.5 Å². The minimum absolute atomic E-state index is 0.115. The minimum atomic E-state index is -0.610. The van der Waals surface area contributed by atoms with Gasteiger partial charge in [0.15, 0.2) is 0 Å². The van der Waals surface area contributed by atoms with Gasteiger partial charge in [-0.05, 0) is 30.2 Å². The van der Waals surface area contributed by atoms with Gasteiger partial charge in [0.1, 0.15) is 5.82 Å². The third-order valence-electron chi connectivity index (χ3n) is 5.61. The van der Waals surface area contributed by atoms with E-state index in [1.165, 1.54) is 19.1 Å². The molecule has 4 rings (SSSR count). The number of benzene rings is 1. The Bertz CT molecular complexity index is 1180. The van der Waals surface area contributed by atoms with Crippen LogP contribution in [0.5, 0.6) is 0 Å². The Labute approximate surface area is 184 Å². The Kier molecular flexibility index (Phi) is 5.93. The molecule has 0 spiro atoms. The van der Waals surface area contributed by atoms with Crippen molar-refractivity contribution in [3.63, 3.8) is 0 Å². The molecule has 3 amide bonds. The van der Waals surface area contributed by atoms with Gasteiger partial charge in [-0.25, -0.2) is 4.39 Å². The molecule has 168 valence electrons. The van der Waals surface area contributed by atoms with Gasteiger partial charge in [-0.2, -0.15) is 5.10 Å². The number of aryl methyl sites for hydroxylation is 1. The van der Waals surface area contributed by atoms with Crippen LogP contribution in [0.25, 0.3) is 10.9 Å². The van der Waals surface area contributed by atoms with Crippen LogP contribution in [-0.4, -0.2) is 57.0 Å². The maximum Gasteiger partial charge on any atom is 0.242 e. The molecule has 1 aromatic carbocycles. The smallest absolute Gasteiger partial charge is 0.242 e. The quantitative estimate of drug-likeness (QED) is 0.530. The fourth-order valence-corrected chi connectivity index (χ4v) is 4.06. The molecule has 1 aliphatic rings. The van der Waals surface area contributed by atoms with Crippen molar-refractivity contribution in [1.82, 2.24) is 30.3 Å². The van der Waals surface area contributed by atoms with Gasteiger partial charge in [0.05, 0.1) is 18.2 Å². The van der Waals surface area contributed by atoms with E-state index in [2.05, 4.69) is 20.7 Å². The van der Waals surface area contributed by atoms with E-state index in [1.54, 1.807) is 28.9 Å². The maximum atomic E-state index is 13.6. The number of fused-ring (bicyclic) bond motifs is 2. The number of carbonyl (C=O) groups is 3. The van der Waals surface area contributed by atoms with Crippen LogP contribution in [0.1, 0.15) is 29.7 Å². The lowest BCUT2D eigenvalue weighted by Gasteiger charge is -2.31. The third-order valence-corrected chi connectivity index (χ3v) is 5.61. The van der Waals surface area contributed by atoms with Crippen molar-refractivity contribution in [3.05, 3.63) is 53.2 Å². The second kappa shape index (κ2) is 8.81. The van der Waals surface area contributed by atoms with E-state index in [4.69, 9.17) is 0 Å². The summed E-state index contributed by atoms with van der Waals surface area (Å²) in [5, 5.41) is 10.7. The number of hydrogen-bond acceptors (Lipinski definition) is 4. The summed E-state index contributed by atoms with van der Waals surface area (Å²) in [6.07, 6.45) is 4.15. The highest BCUT2D eigenvalue weighted by Crippen LogP contribution is 2.27. The number of halogens is 1. The Balaban J connectivity index is 1.43. The normalized spacial score (nSPS) is 15.5.